The van der Waals surface area contributed by atoms with Crippen LogP contribution >= 0.6 is 11.6 Å². The molecule has 20 heavy (non-hydrogen) atoms. The number of anilines is 1. The fourth-order valence-corrected chi connectivity index (χ4v) is 1.66. The van der Waals surface area contributed by atoms with E-state index in [9.17, 15) is 14.9 Å². The summed E-state index contributed by atoms with van der Waals surface area (Å²) < 4.78 is 4.78. The Balaban J connectivity index is 3.06. The summed E-state index contributed by atoms with van der Waals surface area (Å²) in [5.41, 5.74) is 6.20. The van der Waals surface area contributed by atoms with Gasteiger partial charge in [-0.2, -0.15) is 0 Å². The number of nitro groups is 1. The number of carbonyl (C=O) groups is 1. The lowest BCUT2D eigenvalue weighted by atomic mass is 10.2. The molecule has 1 rings (SSSR count). The van der Waals surface area contributed by atoms with E-state index in [-0.39, 0.29) is 35.1 Å². The fourth-order valence-electron chi connectivity index (χ4n) is 1.45. The second-order valence-electron chi connectivity index (χ2n) is 3.95. The Labute approximate surface area is 120 Å². The van der Waals surface area contributed by atoms with Crippen LogP contribution in [0.3, 0.4) is 0 Å². The summed E-state index contributed by atoms with van der Waals surface area (Å²) in [5.74, 6) is -0.427. The number of carbonyl (C=O) groups excluding carboxylic acids is 1. The summed E-state index contributed by atoms with van der Waals surface area (Å²) in [7, 11) is 0. The number of aliphatic imine (C=N–C) groups is 1. The Morgan fingerprint density at radius 3 is 2.75 bits per heavy atom. The van der Waals surface area contributed by atoms with Crippen LogP contribution < -0.4 is 5.73 Å². The molecule has 0 saturated heterocycles. The number of nitro benzene ring substituents is 1. The van der Waals surface area contributed by atoms with Crippen molar-refractivity contribution in [1.82, 2.24) is 0 Å². The van der Waals surface area contributed by atoms with Crippen LogP contribution in [-0.4, -0.2) is 23.2 Å². The van der Waals surface area contributed by atoms with Gasteiger partial charge in [0.15, 0.2) is 0 Å². The van der Waals surface area contributed by atoms with Crippen LogP contribution in [0.2, 0.25) is 5.02 Å². The number of nitrogens with two attached hydrogens (primary N) is 1. The van der Waals surface area contributed by atoms with Crippen molar-refractivity contribution < 1.29 is 14.5 Å². The van der Waals surface area contributed by atoms with Crippen molar-refractivity contribution >= 4 is 40.3 Å². The lowest BCUT2D eigenvalue weighted by Gasteiger charge is -2.05. The van der Waals surface area contributed by atoms with Crippen molar-refractivity contribution in [3.63, 3.8) is 0 Å². The molecular weight excluding hydrogens is 286 g/mol. The highest BCUT2D eigenvalue weighted by Gasteiger charge is 2.14. The molecule has 0 fully saturated rings. The van der Waals surface area contributed by atoms with Crippen molar-refractivity contribution in [1.29, 1.82) is 0 Å². The van der Waals surface area contributed by atoms with E-state index in [1.54, 1.807) is 13.8 Å². The first-order chi connectivity index (χ1) is 9.35. The number of rotatable bonds is 5. The maximum absolute atomic E-state index is 11.3. The minimum Gasteiger partial charge on any atom is -0.466 e. The largest absolute Gasteiger partial charge is 0.466 e. The van der Waals surface area contributed by atoms with E-state index in [0.29, 0.717) is 5.71 Å². The second kappa shape index (κ2) is 6.85. The van der Waals surface area contributed by atoms with Gasteiger partial charge < -0.3 is 10.5 Å². The van der Waals surface area contributed by atoms with Gasteiger partial charge in [-0.1, -0.05) is 11.6 Å². The minimum absolute atomic E-state index is 0.0202. The van der Waals surface area contributed by atoms with Crippen LogP contribution in [0, 0.1) is 10.1 Å². The summed E-state index contributed by atoms with van der Waals surface area (Å²) in [4.78, 5) is 25.5. The van der Waals surface area contributed by atoms with E-state index in [4.69, 9.17) is 22.1 Å². The molecule has 0 unspecified atom stereocenters. The monoisotopic (exact) mass is 299 g/mol. The highest BCUT2D eigenvalue weighted by Crippen LogP contribution is 2.34. The van der Waals surface area contributed by atoms with E-state index in [2.05, 4.69) is 4.99 Å². The zero-order chi connectivity index (χ0) is 15.3. The Bertz CT molecular complexity index is 572. The van der Waals surface area contributed by atoms with Gasteiger partial charge in [-0.15, -0.1) is 0 Å². The molecule has 0 bridgehead atoms. The SMILES string of the molecule is CCOC(=O)CC(C)=Nc1cc([N+](=O)[O-])cc(Cl)c1N. The average molecular weight is 300 g/mol. The van der Waals surface area contributed by atoms with Crippen LogP contribution in [0.4, 0.5) is 17.1 Å². The number of nitrogen functional groups attached to an aromatic ring is 1. The molecule has 0 radical (unpaired) electrons. The summed E-state index contributed by atoms with van der Waals surface area (Å²) in [5, 5.41) is 10.8. The zero-order valence-electron chi connectivity index (χ0n) is 11.1. The summed E-state index contributed by atoms with van der Waals surface area (Å²) >= 11 is 5.81. The van der Waals surface area contributed by atoms with E-state index < -0.39 is 10.9 Å². The molecule has 0 saturated carbocycles. The molecule has 0 aliphatic heterocycles. The van der Waals surface area contributed by atoms with Gasteiger partial charge in [0, 0.05) is 17.8 Å². The highest BCUT2D eigenvalue weighted by molar-refractivity contribution is 6.34. The van der Waals surface area contributed by atoms with Gasteiger partial charge in [-0.05, 0) is 13.8 Å². The molecule has 1 aromatic rings. The Morgan fingerprint density at radius 2 is 2.20 bits per heavy atom. The van der Waals surface area contributed by atoms with Gasteiger partial charge in [0.05, 0.1) is 34.3 Å². The smallest absolute Gasteiger partial charge is 0.311 e. The van der Waals surface area contributed by atoms with Gasteiger partial charge in [0.1, 0.15) is 0 Å². The van der Waals surface area contributed by atoms with Crippen molar-refractivity contribution in [2.24, 2.45) is 4.99 Å². The predicted octanol–water partition coefficient (Wildman–Crippen LogP) is 2.88. The topological polar surface area (TPSA) is 108 Å². The molecule has 7 nitrogen and oxygen atoms in total. The lowest BCUT2D eigenvalue weighted by molar-refractivity contribution is -0.384. The molecule has 0 spiro atoms. The third-order valence-electron chi connectivity index (χ3n) is 2.32. The van der Waals surface area contributed by atoms with Gasteiger partial charge in [0.25, 0.3) is 5.69 Å². The third-order valence-corrected chi connectivity index (χ3v) is 2.63. The standard InChI is InChI=1S/C12H14ClN3O4/c1-3-20-11(17)4-7(2)15-10-6-8(16(18)19)5-9(13)12(10)14/h5-6H,3-4,14H2,1-2H3. The number of ether oxygens (including phenoxy) is 1. The predicted molar refractivity (Wildman–Crippen MR) is 76.5 cm³/mol. The van der Waals surface area contributed by atoms with Crippen LogP contribution in [0.15, 0.2) is 17.1 Å². The van der Waals surface area contributed by atoms with Crippen LogP contribution in [0.1, 0.15) is 20.3 Å². The highest BCUT2D eigenvalue weighted by atomic mass is 35.5. The molecule has 0 atom stereocenters. The van der Waals surface area contributed by atoms with Crippen molar-refractivity contribution in [3.8, 4) is 0 Å². The summed E-state index contributed by atoms with van der Waals surface area (Å²) in [6, 6.07) is 2.35. The molecule has 0 heterocycles. The van der Waals surface area contributed by atoms with Crippen molar-refractivity contribution in [2.45, 2.75) is 20.3 Å². The molecule has 8 heteroatoms. The number of non-ortho nitro benzene ring substituents is 1. The number of halogens is 1. The number of benzene rings is 1. The fraction of sp³-hybridized carbons (Fsp3) is 0.333. The first-order valence-electron chi connectivity index (χ1n) is 5.78. The van der Waals surface area contributed by atoms with E-state index >= 15 is 0 Å². The normalized spacial score (nSPS) is 11.2. The van der Waals surface area contributed by atoms with Gasteiger partial charge in [-0.3, -0.25) is 19.9 Å². The summed E-state index contributed by atoms with van der Waals surface area (Å²) in [6.45, 7) is 3.57. The van der Waals surface area contributed by atoms with Gasteiger partial charge in [0.2, 0.25) is 0 Å². The van der Waals surface area contributed by atoms with Crippen molar-refractivity contribution in [2.75, 3.05) is 12.3 Å². The molecule has 0 aromatic heterocycles. The molecule has 1 aromatic carbocycles. The molecule has 0 aliphatic carbocycles. The van der Waals surface area contributed by atoms with Gasteiger partial charge >= 0.3 is 5.97 Å². The third kappa shape index (κ3) is 4.20. The molecule has 0 amide bonds. The Morgan fingerprint density at radius 1 is 1.55 bits per heavy atom. The maximum atomic E-state index is 11.3. The Hall–Kier alpha value is -2.15. The minimum atomic E-state index is -0.592. The van der Waals surface area contributed by atoms with E-state index in [1.807, 2.05) is 0 Å². The lowest BCUT2D eigenvalue weighted by Crippen LogP contribution is -2.08. The quantitative estimate of drug-likeness (QED) is 0.296. The van der Waals surface area contributed by atoms with Crippen LogP contribution in [0.5, 0.6) is 0 Å². The Kier molecular flexibility index (Phi) is 5.45. The first kappa shape index (κ1) is 15.9. The number of nitrogens with zero attached hydrogens (tertiary/aromatic N) is 2. The maximum Gasteiger partial charge on any atom is 0.311 e. The number of hydrogen-bond donors (Lipinski definition) is 1. The molecule has 2 N–H and O–H groups in total. The van der Waals surface area contributed by atoms with E-state index in [0.717, 1.165) is 6.07 Å². The van der Waals surface area contributed by atoms with Crippen molar-refractivity contribution in [3.05, 3.63) is 27.3 Å². The average Bonchev–Trinajstić information content (AvgIpc) is 2.34. The number of esters is 1. The molecule has 108 valence electrons. The second-order valence-corrected chi connectivity index (χ2v) is 4.35. The zero-order valence-corrected chi connectivity index (χ0v) is 11.8. The van der Waals surface area contributed by atoms with Crippen LogP contribution in [0.25, 0.3) is 0 Å². The molecular formula is C12H14ClN3O4. The molecule has 0 aliphatic rings. The summed E-state index contributed by atoms with van der Waals surface area (Å²) in [6.07, 6.45) is -0.0202. The van der Waals surface area contributed by atoms with E-state index in [1.165, 1.54) is 6.07 Å². The van der Waals surface area contributed by atoms with Gasteiger partial charge in [-0.25, -0.2) is 0 Å². The van der Waals surface area contributed by atoms with Crippen LogP contribution in [-0.2, 0) is 9.53 Å². The first-order valence-corrected chi connectivity index (χ1v) is 6.16. The number of hydrogen-bond acceptors (Lipinski definition) is 6.